The van der Waals surface area contributed by atoms with Crippen LogP contribution in [0.3, 0.4) is 0 Å². The van der Waals surface area contributed by atoms with E-state index in [1.165, 1.54) is 5.56 Å². The Kier molecular flexibility index (Phi) is 5.93. The van der Waals surface area contributed by atoms with Gasteiger partial charge in [0, 0.05) is 36.2 Å². The first-order chi connectivity index (χ1) is 13.5. The van der Waals surface area contributed by atoms with Crippen molar-refractivity contribution >= 4 is 51.8 Å². The average molecular weight is 441 g/mol. The molecule has 1 aromatic heterocycles. The molecular formula is C21H24Cl3N3O. The van der Waals surface area contributed by atoms with E-state index >= 15 is 0 Å². The molecule has 1 aliphatic heterocycles. The minimum absolute atomic E-state index is 0.0585. The minimum Gasteiger partial charge on any atom is -0.384 e. The van der Waals surface area contributed by atoms with E-state index in [4.69, 9.17) is 44.5 Å². The van der Waals surface area contributed by atoms with Crippen molar-refractivity contribution in [1.29, 1.82) is 0 Å². The van der Waals surface area contributed by atoms with Gasteiger partial charge in [-0.1, -0.05) is 53.9 Å². The summed E-state index contributed by atoms with van der Waals surface area (Å²) in [6.07, 6.45) is 6.66. The van der Waals surface area contributed by atoms with Crippen LogP contribution in [0.1, 0.15) is 37.7 Å². The van der Waals surface area contributed by atoms with Crippen molar-refractivity contribution in [2.45, 2.75) is 44.7 Å². The van der Waals surface area contributed by atoms with Crippen molar-refractivity contribution < 1.29 is 4.74 Å². The monoisotopic (exact) mass is 439 g/mol. The van der Waals surface area contributed by atoms with E-state index in [9.17, 15) is 0 Å². The molecule has 4 rings (SSSR count). The summed E-state index contributed by atoms with van der Waals surface area (Å²) in [6, 6.07) is 4.14. The maximum Gasteiger partial charge on any atom is 0.207 e. The molecule has 2 unspecified atom stereocenters. The third kappa shape index (κ3) is 3.45. The van der Waals surface area contributed by atoms with Gasteiger partial charge < -0.3 is 14.2 Å². The molecule has 0 N–H and O–H groups in total. The summed E-state index contributed by atoms with van der Waals surface area (Å²) in [6.45, 7) is 4.69. The van der Waals surface area contributed by atoms with E-state index in [0.717, 1.165) is 54.4 Å². The number of benzene rings is 1. The molecule has 0 spiro atoms. The van der Waals surface area contributed by atoms with E-state index in [1.807, 2.05) is 18.2 Å². The average Bonchev–Trinajstić information content (AvgIpc) is 3.08. The van der Waals surface area contributed by atoms with Crippen molar-refractivity contribution in [3.63, 3.8) is 0 Å². The predicted molar refractivity (Wildman–Crippen MR) is 118 cm³/mol. The summed E-state index contributed by atoms with van der Waals surface area (Å²) in [5.41, 5.74) is 3.23. The Morgan fingerprint density at radius 2 is 2.07 bits per heavy atom. The van der Waals surface area contributed by atoms with E-state index in [2.05, 4.69) is 22.5 Å². The lowest BCUT2D eigenvalue weighted by molar-refractivity contribution is 0.178. The number of rotatable bonds is 5. The van der Waals surface area contributed by atoms with Crippen LogP contribution in [0.4, 0.5) is 5.95 Å². The van der Waals surface area contributed by atoms with Gasteiger partial charge in [0.1, 0.15) is 5.52 Å². The van der Waals surface area contributed by atoms with Gasteiger partial charge in [-0.05, 0) is 37.0 Å². The van der Waals surface area contributed by atoms with Gasteiger partial charge in [-0.25, -0.2) is 4.98 Å². The first kappa shape index (κ1) is 20.1. The highest BCUT2D eigenvalue weighted by atomic mass is 35.5. The van der Waals surface area contributed by atoms with Crippen molar-refractivity contribution in [2.24, 2.45) is 0 Å². The van der Waals surface area contributed by atoms with Crippen LogP contribution in [0.15, 0.2) is 34.3 Å². The Morgan fingerprint density at radius 3 is 2.79 bits per heavy atom. The summed E-state index contributed by atoms with van der Waals surface area (Å²) in [4.78, 5) is 7.27. The van der Waals surface area contributed by atoms with Gasteiger partial charge in [-0.2, -0.15) is 0 Å². The zero-order valence-electron chi connectivity index (χ0n) is 16.1. The van der Waals surface area contributed by atoms with Gasteiger partial charge in [-0.15, -0.1) is 0 Å². The van der Waals surface area contributed by atoms with Crippen LogP contribution in [0.5, 0.6) is 0 Å². The Hall–Kier alpha value is -1.20. The number of halogens is 3. The van der Waals surface area contributed by atoms with E-state index in [0.29, 0.717) is 22.6 Å². The van der Waals surface area contributed by atoms with Crippen LogP contribution in [-0.2, 0) is 11.3 Å². The zero-order chi connectivity index (χ0) is 19.8. The molecule has 28 heavy (non-hydrogen) atoms. The van der Waals surface area contributed by atoms with Gasteiger partial charge in [0.05, 0.1) is 23.2 Å². The molecule has 0 amide bonds. The van der Waals surface area contributed by atoms with E-state index in [1.54, 1.807) is 7.11 Å². The van der Waals surface area contributed by atoms with Gasteiger partial charge >= 0.3 is 0 Å². The molecule has 0 saturated carbocycles. The first-order valence-corrected chi connectivity index (χ1v) is 10.9. The lowest BCUT2D eigenvalue weighted by atomic mass is 9.95. The van der Waals surface area contributed by atoms with Crippen LogP contribution >= 0.6 is 34.8 Å². The number of allylic oxidation sites excluding steroid dienone is 2. The quantitative estimate of drug-likeness (QED) is 0.566. The lowest BCUT2D eigenvalue weighted by Crippen LogP contribution is -2.41. The minimum atomic E-state index is 0.0585. The fourth-order valence-corrected chi connectivity index (χ4v) is 5.09. The Bertz CT molecular complexity index is 950. The predicted octanol–water partition coefficient (Wildman–Crippen LogP) is 6.06. The smallest absolute Gasteiger partial charge is 0.207 e. The second-order valence-electron chi connectivity index (χ2n) is 7.37. The fraction of sp³-hybridized carbons (Fsp3) is 0.476. The zero-order valence-corrected chi connectivity index (χ0v) is 18.4. The van der Waals surface area contributed by atoms with Crippen molar-refractivity contribution in [3.05, 3.63) is 44.9 Å². The van der Waals surface area contributed by atoms with Crippen molar-refractivity contribution in [3.8, 4) is 0 Å². The maximum absolute atomic E-state index is 6.57. The molecule has 150 valence electrons. The van der Waals surface area contributed by atoms with Crippen LogP contribution in [0.2, 0.25) is 5.02 Å². The second kappa shape index (κ2) is 8.27. The number of anilines is 1. The van der Waals surface area contributed by atoms with Crippen LogP contribution in [0, 0.1) is 0 Å². The molecular weight excluding hydrogens is 417 g/mol. The standard InChI is InChI=1S/C21H24Cl3N3O/c1-3-13(12-28-2)15-6-7-16(23)19-20(15)27-10-4-9-26(21(27)25-19)18-8-5-14(22)11-17(18)24/h5-7,11,13,18H,3-4,8-10,12H2,1-2H3. The van der Waals surface area contributed by atoms with Crippen molar-refractivity contribution in [1.82, 2.24) is 9.55 Å². The normalized spacial score (nSPS) is 20.8. The number of nitrogens with zero attached hydrogens (tertiary/aromatic N) is 3. The van der Waals surface area contributed by atoms with Gasteiger partial charge in [0.2, 0.25) is 5.95 Å². The molecule has 2 atom stereocenters. The number of fused-ring (bicyclic) bond motifs is 3. The van der Waals surface area contributed by atoms with Crippen LogP contribution < -0.4 is 4.90 Å². The number of aryl methyl sites for hydroxylation is 1. The van der Waals surface area contributed by atoms with E-state index < -0.39 is 0 Å². The summed E-state index contributed by atoms with van der Waals surface area (Å²) >= 11 is 19.3. The lowest BCUT2D eigenvalue weighted by Gasteiger charge is -2.36. The molecule has 1 aromatic carbocycles. The first-order valence-electron chi connectivity index (χ1n) is 9.72. The highest BCUT2D eigenvalue weighted by Crippen LogP contribution is 2.39. The van der Waals surface area contributed by atoms with Crippen molar-refractivity contribution in [2.75, 3.05) is 25.2 Å². The summed E-state index contributed by atoms with van der Waals surface area (Å²) in [5.74, 6) is 1.24. The van der Waals surface area contributed by atoms with Gasteiger partial charge in [0.25, 0.3) is 0 Å². The molecule has 0 bridgehead atoms. The summed E-state index contributed by atoms with van der Waals surface area (Å²) in [5, 5.41) is 2.13. The number of methoxy groups -OCH3 is 1. The second-order valence-corrected chi connectivity index (χ2v) is 8.65. The third-order valence-electron chi connectivity index (χ3n) is 5.70. The highest BCUT2D eigenvalue weighted by Gasteiger charge is 2.32. The number of ether oxygens (including phenoxy) is 1. The fourth-order valence-electron chi connectivity index (χ4n) is 4.30. The topological polar surface area (TPSA) is 30.3 Å². The molecule has 2 aromatic rings. The molecule has 0 radical (unpaired) electrons. The summed E-state index contributed by atoms with van der Waals surface area (Å²) < 4.78 is 7.78. The van der Waals surface area contributed by atoms with Crippen LogP contribution in [-0.4, -0.2) is 35.9 Å². The molecule has 7 heteroatoms. The molecule has 0 fully saturated rings. The molecule has 2 aliphatic rings. The van der Waals surface area contributed by atoms with Gasteiger partial charge in [-0.3, -0.25) is 0 Å². The third-order valence-corrected chi connectivity index (χ3v) is 6.63. The Morgan fingerprint density at radius 1 is 1.25 bits per heavy atom. The van der Waals surface area contributed by atoms with Crippen LogP contribution in [0.25, 0.3) is 11.0 Å². The summed E-state index contributed by atoms with van der Waals surface area (Å²) in [7, 11) is 1.75. The largest absolute Gasteiger partial charge is 0.384 e. The molecule has 0 saturated heterocycles. The highest BCUT2D eigenvalue weighted by molar-refractivity contribution is 6.36. The van der Waals surface area contributed by atoms with Gasteiger partial charge in [0.15, 0.2) is 0 Å². The molecule has 2 heterocycles. The van der Waals surface area contributed by atoms with E-state index in [-0.39, 0.29) is 6.04 Å². The number of hydrogen-bond donors (Lipinski definition) is 0. The number of aromatic nitrogens is 2. The Labute approximate surface area is 180 Å². The molecule has 4 nitrogen and oxygen atoms in total. The Balaban J connectivity index is 1.84. The number of imidazole rings is 1. The molecule has 1 aliphatic carbocycles. The number of hydrogen-bond acceptors (Lipinski definition) is 3. The maximum atomic E-state index is 6.57. The SMILES string of the molecule is CCC(COC)c1ccc(Cl)c2nc3n(c12)CCCN3C1CC=C(Cl)C=C1Cl.